The minimum atomic E-state index is -0.747. The Morgan fingerprint density at radius 2 is 1.70 bits per heavy atom. The van der Waals surface area contributed by atoms with Crippen LogP contribution < -0.4 is 11.5 Å². The molecular formula is C6H14N2O2. The van der Waals surface area contributed by atoms with Crippen LogP contribution in [0.5, 0.6) is 0 Å². The van der Waals surface area contributed by atoms with Gasteiger partial charge in [-0.25, -0.2) is 0 Å². The first-order valence-corrected chi connectivity index (χ1v) is 3.50. The molecule has 0 aromatic carbocycles. The van der Waals surface area contributed by atoms with Crippen molar-refractivity contribution in [3.63, 3.8) is 0 Å². The molecule has 0 unspecified atom stereocenters. The lowest BCUT2D eigenvalue weighted by Crippen LogP contribution is -2.56. The second-order valence-corrected chi connectivity index (χ2v) is 2.88. The number of aliphatic hydroxyl groups is 2. The second kappa shape index (κ2) is 2.84. The van der Waals surface area contributed by atoms with Crippen molar-refractivity contribution >= 4 is 0 Å². The molecule has 1 aliphatic carbocycles. The van der Waals surface area contributed by atoms with E-state index in [0.29, 0.717) is 12.8 Å². The van der Waals surface area contributed by atoms with Crippen molar-refractivity contribution in [3.05, 3.63) is 0 Å². The van der Waals surface area contributed by atoms with Crippen molar-refractivity contribution in [2.45, 2.75) is 37.1 Å². The molecule has 1 aliphatic rings. The summed E-state index contributed by atoms with van der Waals surface area (Å²) in [6.07, 6.45) is -0.0892. The van der Waals surface area contributed by atoms with Gasteiger partial charge in [0.05, 0.1) is 18.2 Å². The molecule has 4 nitrogen and oxygen atoms in total. The lowest BCUT2D eigenvalue weighted by atomic mass is 9.87. The highest BCUT2D eigenvalue weighted by Gasteiger charge is 2.32. The van der Waals surface area contributed by atoms with Gasteiger partial charge in [0.25, 0.3) is 0 Å². The molecule has 4 atom stereocenters. The van der Waals surface area contributed by atoms with Gasteiger partial charge in [-0.15, -0.1) is 0 Å². The molecule has 6 N–H and O–H groups in total. The van der Waals surface area contributed by atoms with Crippen LogP contribution >= 0.6 is 0 Å². The Labute approximate surface area is 59.8 Å². The molecule has 0 radical (unpaired) electrons. The summed E-state index contributed by atoms with van der Waals surface area (Å²) in [6.45, 7) is 0. The Morgan fingerprint density at radius 1 is 1.10 bits per heavy atom. The van der Waals surface area contributed by atoms with Crippen LogP contribution in [0.25, 0.3) is 0 Å². The zero-order chi connectivity index (χ0) is 7.72. The smallest absolute Gasteiger partial charge is 0.0866 e. The highest BCUT2D eigenvalue weighted by Crippen LogP contribution is 2.16. The molecule has 1 rings (SSSR count). The predicted molar refractivity (Wildman–Crippen MR) is 37.2 cm³/mol. The van der Waals surface area contributed by atoms with E-state index >= 15 is 0 Å². The summed E-state index contributed by atoms with van der Waals surface area (Å²) in [7, 11) is 0. The number of hydrogen-bond donors (Lipinski definition) is 4. The van der Waals surface area contributed by atoms with E-state index in [-0.39, 0.29) is 6.04 Å². The average Bonchev–Trinajstić information content (AvgIpc) is 1.93. The number of aliphatic hydroxyl groups excluding tert-OH is 2. The van der Waals surface area contributed by atoms with Crippen LogP contribution in [0.3, 0.4) is 0 Å². The molecular weight excluding hydrogens is 132 g/mol. The Bertz CT molecular complexity index is 106. The Hall–Kier alpha value is -0.160. The summed E-state index contributed by atoms with van der Waals surface area (Å²) < 4.78 is 0. The van der Waals surface area contributed by atoms with Crippen molar-refractivity contribution in [2.75, 3.05) is 0 Å². The summed E-state index contributed by atoms with van der Waals surface area (Å²) in [4.78, 5) is 0. The Balaban J connectivity index is 2.52. The van der Waals surface area contributed by atoms with Gasteiger partial charge in [-0.1, -0.05) is 0 Å². The zero-order valence-corrected chi connectivity index (χ0v) is 5.77. The molecule has 0 saturated heterocycles. The summed E-state index contributed by atoms with van der Waals surface area (Å²) in [5, 5.41) is 18.3. The van der Waals surface area contributed by atoms with E-state index in [9.17, 15) is 5.11 Å². The van der Waals surface area contributed by atoms with Gasteiger partial charge < -0.3 is 21.7 Å². The number of hydrogen-bond acceptors (Lipinski definition) is 4. The fraction of sp³-hybridized carbons (Fsp3) is 1.00. The summed E-state index contributed by atoms with van der Waals surface area (Å²) in [5.74, 6) is 0. The zero-order valence-electron chi connectivity index (χ0n) is 5.77. The summed E-state index contributed by atoms with van der Waals surface area (Å²) in [6, 6.07) is -0.831. The monoisotopic (exact) mass is 146 g/mol. The van der Waals surface area contributed by atoms with Gasteiger partial charge >= 0.3 is 0 Å². The van der Waals surface area contributed by atoms with Crippen molar-refractivity contribution in [3.8, 4) is 0 Å². The largest absolute Gasteiger partial charge is 0.391 e. The molecule has 0 heterocycles. The molecule has 0 aromatic heterocycles. The van der Waals surface area contributed by atoms with Gasteiger partial charge in [0.2, 0.25) is 0 Å². The fourth-order valence-electron chi connectivity index (χ4n) is 1.24. The van der Waals surface area contributed by atoms with Gasteiger partial charge in [-0.3, -0.25) is 0 Å². The van der Waals surface area contributed by atoms with E-state index in [1.807, 2.05) is 0 Å². The third kappa shape index (κ3) is 1.29. The normalized spacial score (nSPS) is 49.2. The Kier molecular flexibility index (Phi) is 2.25. The fourth-order valence-corrected chi connectivity index (χ4v) is 1.24. The topological polar surface area (TPSA) is 92.5 Å². The first kappa shape index (κ1) is 7.94. The van der Waals surface area contributed by atoms with Crippen LogP contribution in [0.4, 0.5) is 0 Å². The first-order chi connectivity index (χ1) is 4.63. The third-order valence-electron chi connectivity index (χ3n) is 2.07. The molecule has 1 fully saturated rings. The lowest BCUT2D eigenvalue weighted by molar-refractivity contribution is 0.00530. The van der Waals surface area contributed by atoms with Crippen molar-refractivity contribution < 1.29 is 10.2 Å². The van der Waals surface area contributed by atoms with Gasteiger partial charge in [0, 0.05) is 6.04 Å². The molecule has 60 valence electrons. The molecule has 1 saturated carbocycles. The Morgan fingerprint density at radius 3 is 2.20 bits per heavy atom. The van der Waals surface area contributed by atoms with Crippen LogP contribution in [-0.2, 0) is 0 Å². The number of rotatable bonds is 0. The SMILES string of the molecule is N[C@H]1[C@@H](O)[C@@H](N)CC[C@@H]1O. The van der Waals surface area contributed by atoms with Gasteiger partial charge in [0.15, 0.2) is 0 Å². The lowest BCUT2D eigenvalue weighted by Gasteiger charge is -2.33. The van der Waals surface area contributed by atoms with Gasteiger partial charge in [-0.05, 0) is 12.8 Å². The second-order valence-electron chi connectivity index (χ2n) is 2.88. The maximum absolute atomic E-state index is 9.21. The van der Waals surface area contributed by atoms with Crippen LogP contribution in [-0.4, -0.2) is 34.5 Å². The quantitative estimate of drug-likeness (QED) is 0.323. The van der Waals surface area contributed by atoms with Gasteiger partial charge in [-0.2, -0.15) is 0 Å². The molecule has 0 spiro atoms. The highest BCUT2D eigenvalue weighted by molar-refractivity contribution is 4.91. The van der Waals surface area contributed by atoms with E-state index in [4.69, 9.17) is 16.6 Å². The summed E-state index contributed by atoms with van der Waals surface area (Å²) in [5.41, 5.74) is 10.9. The highest BCUT2D eigenvalue weighted by atomic mass is 16.3. The van der Waals surface area contributed by atoms with E-state index < -0.39 is 18.2 Å². The summed E-state index contributed by atoms with van der Waals surface area (Å²) >= 11 is 0. The van der Waals surface area contributed by atoms with E-state index in [2.05, 4.69) is 0 Å². The van der Waals surface area contributed by atoms with Crippen molar-refractivity contribution in [1.29, 1.82) is 0 Å². The van der Waals surface area contributed by atoms with E-state index in [0.717, 1.165) is 0 Å². The minimum Gasteiger partial charge on any atom is -0.391 e. The standard InChI is InChI=1S/C6H14N2O2/c7-3-1-2-4(9)5(8)6(3)10/h3-6,9-10H,1-2,7-8H2/t3-,4-,5+,6-/m0/s1. The van der Waals surface area contributed by atoms with E-state index in [1.165, 1.54) is 0 Å². The predicted octanol–water partition coefficient (Wildman–Crippen LogP) is -1.84. The number of nitrogens with two attached hydrogens (primary N) is 2. The molecule has 10 heavy (non-hydrogen) atoms. The minimum absolute atomic E-state index is 0.265. The third-order valence-corrected chi connectivity index (χ3v) is 2.07. The van der Waals surface area contributed by atoms with Crippen LogP contribution in [0, 0.1) is 0 Å². The first-order valence-electron chi connectivity index (χ1n) is 3.50. The van der Waals surface area contributed by atoms with Gasteiger partial charge in [0.1, 0.15) is 0 Å². The molecule has 0 amide bonds. The molecule has 0 aromatic rings. The maximum atomic E-state index is 9.21. The van der Waals surface area contributed by atoms with E-state index in [1.54, 1.807) is 0 Å². The van der Waals surface area contributed by atoms with Crippen LogP contribution in [0.15, 0.2) is 0 Å². The van der Waals surface area contributed by atoms with Crippen molar-refractivity contribution in [2.24, 2.45) is 11.5 Å². The van der Waals surface area contributed by atoms with Crippen LogP contribution in [0.2, 0.25) is 0 Å². The van der Waals surface area contributed by atoms with Crippen molar-refractivity contribution in [1.82, 2.24) is 0 Å². The van der Waals surface area contributed by atoms with Crippen LogP contribution in [0.1, 0.15) is 12.8 Å². The molecule has 0 bridgehead atoms. The molecule has 4 heteroatoms. The molecule has 0 aliphatic heterocycles. The maximum Gasteiger partial charge on any atom is 0.0866 e. The average molecular weight is 146 g/mol.